The van der Waals surface area contributed by atoms with Crippen molar-refractivity contribution in [3.05, 3.63) is 58.1 Å². The Hall–Kier alpha value is -2.31. The largest absolute Gasteiger partial charge is 0.461 e. The Kier molecular flexibility index (Phi) is 5.17. The van der Waals surface area contributed by atoms with Gasteiger partial charge in [-0.2, -0.15) is 4.98 Å². The second kappa shape index (κ2) is 7.51. The van der Waals surface area contributed by atoms with Crippen LogP contribution in [0.5, 0.6) is 0 Å². The number of rotatable bonds is 6. The van der Waals surface area contributed by atoms with Gasteiger partial charge in [-0.15, -0.1) is 0 Å². The van der Waals surface area contributed by atoms with Gasteiger partial charge in [0.05, 0.1) is 6.26 Å². The van der Waals surface area contributed by atoms with Gasteiger partial charge in [0.25, 0.3) is 0 Å². The molecule has 0 radical (unpaired) electrons. The number of carbonyl (C=O) groups is 1. The van der Waals surface area contributed by atoms with Gasteiger partial charge in [-0.05, 0) is 29.8 Å². The predicted octanol–water partition coefficient (Wildman–Crippen LogP) is 3.89. The minimum atomic E-state index is -0.140. The number of aromatic nitrogens is 2. The molecular weight excluding hydrogens is 353 g/mol. The maximum atomic E-state index is 11.9. The highest BCUT2D eigenvalue weighted by Crippen LogP contribution is 2.21. The molecule has 0 bridgehead atoms. The summed E-state index contributed by atoms with van der Waals surface area (Å²) >= 11 is 11.9. The zero-order valence-electron chi connectivity index (χ0n) is 12.5. The lowest BCUT2D eigenvalue weighted by Gasteiger charge is -2.06. The third-order valence-corrected chi connectivity index (χ3v) is 3.85. The Morgan fingerprint density at radius 3 is 2.88 bits per heavy atom. The van der Waals surface area contributed by atoms with Crippen LogP contribution in [0.1, 0.15) is 17.9 Å². The van der Waals surface area contributed by atoms with Crippen molar-refractivity contribution in [3.8, 4) is 11.6 Å². The van der Waals surface area contributed by atoms with Gasteiger partial charge >= 0.3 is 0 Å². The zero-order valence-corrected chi connectivity index (χ0v) is 14.0. The SMILES string of the molecule is O=C(CCc1nc(-c2ccco2)no1)NCc1ccc(Cl)cc1Cl. The monoisotopic (exact) mass is 365 g/mol. The number of nitrogens with one attached hydrogen (secondary N) is 1. The first kappa shape index (κ1) is 16.5. The molecule has 0 aliphatic rings. The van der Waals surface area contributed by atoms with Gasteiger partial charge in [0, 0.05) is 29.4 Å². The molecule has 124 valence electrons. The van der Waals surface area contributed by atoms with Gasteiger partial charge in [-0.3, -0.25) is 4.79 Å². The zero-order chi connectivity index (χ0) is 16.9. The lowest BCUT2D eigenvalue weighted by atomic mass is 10.2. The molecule has 8 heteroatoms. The number of furan rings is 1. The summed E-state index contributed by atoms with van der Waals surface area (Å²) in [6.45, 7) is 0.330. The van der Waals surface area contributed by atoms with Crippen LogP contribution in [0.3, 0.4) is 0 Å². The van der Waals surface area contributed by atoms with Gasteiger partial charge < -0.3 is 14.3 Å². The molecule has 0 aliphatic heterocycles. The predicted molar refractivity (Wildman–Crippen MR) is 88.6 cm³/mol. The molecule has 3 aromatic rings. The first-order valence-corrected chi connectivity index (χ1v) is 7.94. The Morgan fingerprint density at radius 1 is 1.25 bits per heavy atom. The molecule has 1 aromatic carbocycles. The maximum absolute atomic E-state index is 11.9. The van der Waals surface area contributed by atoms with Crippen LogP contribution in [0.25, 0.3) is 11.6 Å². The summed E-state index contributed by atoms with van der Waals surface area (Å²) in [7, 11) is 0. The van der Waals surface area contributed by atoms with E-state index < -0.39 is 0 Å². The van der Waals surface area contributed by atoms with Crippen LogP contribution in [0, 0.1) is 0 Å². The molecule has 0 atom stereocenters. The van der Waals surface area contributed by atoms with Crippen molar-refractivity contribution in [2.45, 2.75) is 19.4 Å². The van der Waals surface area contributed by atoms with Gasteiger partial charge in [0.2, 0.25) is 17.6 Å². The van der Waals surface area contributed by atoms with E-state index in [9.17, 15) is 4.79 Å². The average Bonchev–Trinajstić information content (AvgIpc) is 3.23. The molecule has 6 nitrogen and oxygen atoms in total. The van der Waals surface area contributed by atoms with Crippen molar-refractivity contribution in [1.82, 2.24) is 15.5 Å². The topological polar surface area (TPSA) is 81.2 Å². The number of aryl methyl sites for hydroxylation is 1. The smallest absolute Gasteiger partial charge is 0.238 e. The fraction of sp³-hybridized carbons (Fsp3) is 0.188. The normalized spacial score (nSPS) is 10.8. The van der Waals surface area contributed by atoms with E-state index in [-0.39, 0.29) is 12.3 Å². The summed E-state index contributed by atoms with van der Waals surface area (Å²) in [5, 5.41) is 7.67. The van der Waals surface area contributed by atoms with Gasteiger partial charge in [0.1, 0.15) is 0 Å². The molecule has 0 saturated carbocycles. The summed E-state index contributed by atoms with van der Waals surface area (Å²) in [6.07, 6.45) is 2.10. The molecule has 3 rings (SSSR count). The van der Waals surface area contributed by atoms with E-state index in [1.165, 1.54) is 6.26 Å². The Morgan fingerprint density at radius 2 is 2.12 bits per heavy atom. The fourth-order valence-corrected chi connectivity index (χ4v) is 2.51. The molecule has 0 saturated heterocycles. The highest BCUT2D eigenvalue weighted by Gasteiger charge is 2.12. The molecule has 1 N–H and O–H groups in total. The summed E-state index contributed by atoms with van der Waals surface area (Å²) in [5.74, 6) is 1.12. The number of hydrogen-bond acceptors (Lipinski definition) is 5. The molecule has 0 aliphatic carbocycles. The van der Waals surface area contributed by atoms with E-state index in [1.54, 1.807) is 30.3 Å². The quantitative estimate of drug-likeness (QED) is 0.716. The Labute approximate surface area is 147 Å². The molecule has 24 heavy (non-hydrogen) atoms. The van der Waals surface area contributed by atoms with E-state index >= 15 is 0 Å². The van der Waals surface area contributed by atoms with E-state index in [1.807, 2.05) is 0 Å². The number of benzene rings is 1. The van der Waals surface area contributed by atoms with Gasteiger partial charge in [0.15, 0.2) is 5.76 Å². The standard InChI is InChI=1S/C16H13Cl2N3O3/c17-11-4-3-10(12(18)8-11)9-19-14(22)5-6-15-20-16(21-24-15)13-2-1-7-23-13/h1-4,7-8H,5-6,9H2,(H,19,22). The molecule has 0 fully saturated rings. The summed E-state index contributed by atoms with van der Waals surface area (Å²) in [6, 6.07) is 8.61. The number of carbonyl (C=O) groups excluding carboxylic acids is 1. The third kappa shape index (κ3) is 4.15. The van der Waals surface area contributed by atoms with Crippen LogP contribution in [0.4, 0.5) is 0 Å². The van der Waals surface area contributed by atoms with Crippen molar-refractivity contribution in [2.75, 3.05) is 0 Å². The Balaban J connectivity index is 1.49. The molecule has 0 spiro atoms. The molecule has 2 aromatic heterocycles. The lowest BCUT2D eigenvalue weighted by molar-refractivity contribution is -0.121. The van der Waals surface area contributed by atoms with Crippen LogP contribution in [-0.4, -0.2) is 16.0 Å². The molecule has 0 unspecified atom stereocenters. The van der Waals surface area contributed by atoms with Crippen LogP contribution < -0.4 is 5.32 Å². The van der Waals surface area contributed by atoms with Crippen molar-refractivity contribution < 1.29 is 13.7 Å². The second-order valence-electron chi connectivity index (χ2n) is 5.00. The lowest BCUT2D eigenvalue weighted by Crippen LogP contribution is -2.23. The highest BCUT2D eigenvalue weighted by molar-refractivity contribution is 6.35. The minimum Gasteiger partial charge on any atom is -0.461 e. The molecule has 2 heterocycles. The van der Waals surface area contributed by atoms with Crippen molar-refractivity contribution in [1.29, 1.82) is 0 Å². The first-order chi connectivity index (χ1) is 11.6. The van der Waals surface area contributed by atoms with Crippen LogP contribution in [0.15, 0.2) is 45.5 Å². The van der Waals surface area contributed by atoms with E-state index in [4.69, 9.17) is 32.1 Å². The maximum Gasteiger partial charge on any atom is 0.238 e. The van der Waals surface area contributed by atoms with E-state index in [2.05, 4.69) is 15.5 Å². The summed E-state index contributed by atoms with van der Waals surface area (Å²) in [4.78, 5) is 16.1. The van der Waals surface area contributed by atoms with E-state index in [0.717, 1.165) is 5.56 Å². The summed E-state index contributed by atoms with van der Waals surface area (Å²) in [5.41, 5.74) is 0.798. The van der Waals surface area contributed by atoms with Gasteiger partial charge in [-0.25, -0.2) is 0 Å². The number of amides is 1. The second-order valence-corrected chi connectivity index (χ2v) is 5.85. The number of halogens is 2. The molecule has 1 amide bonds. The third-order valence-electron chi connectivity index (χ3n) is 3.27. The van der Waals surface area contributed by atoms with Gasteiger partial charge in [-0.1, -0.05) is 34.4 Å². The van der Waals surface area contributed by atoms with Crippen LogP contribution in [0.2, 0.25) is 10.0 Å². The fourth-order valence-electron chi connectivity index (χ4n) is 2.03. The Bertz CT molecular complexity index is 831. The van der Waals surface area contributed by atoms with Crippen molar-refractivity contribution in [2.24, 2.45) is 0 Å². The summed E-state index contributed by atoms with van der Waals surface area (Å²) < 4.78 is 10.3. The average molecular weight is 366 g/mol. The first-order valence-electron chi connectivity index (χ1n) is 7.19. The van der Waals surface area contributed by atoms with E-state index in [0.29, 0.717) is 40.5 Å². The number of hydrogen-bond donors (Lipinski definition) is 1. The van der Waals surface area contributed by atoms with Crippen molar-refractivity contribution >= 4 is 29.1 Å². The van der Waals surface area contributed by atoms with Crippen LogP contribution >= 0.6 is 23.2 Å². The highest BCUT2D eigenvalue weighted by atomic mass is 35.5. The van der Waals surface area contributed by atoms with Crippen LogP contribution in [-0.2, 0) is 17.8 Å². The molecular formula is C16H13Cl2N3O3. The van der Waals surface area contributed by atoms with Crippen molar-refractivity contribution in [3.63, 3.8) is 0 Å². The number of nitrogens with zero attached hydrogens (tertiary/aromatic N) is 2. The minimum absolute atomic E-state index is 0.140.